The van der Waals surface area contributed by atoms with E-state index in [4.69, 9.17) is 11.6 Å². The van der Waals surface area contributed by atoms with Crippen molar-refractivity contribution in [3.8, 4) is 5.75 Å². The summed E-state index contributed by atoms with van der Waals surface area (Å²) in [6.07, 6.45) is -4.65. The molecule has 0 bridgehead atoms. The third-order valence-electron chi connectivity index (χ3n) is 1.77. The van der Waals surface area contributed by atoms with Crippen LogP contribution in [0.2, 0.25) is 0 Å². The molecule has 15 heavy (non-hydrogen) atoms. The number of ether oxygens (including phenoxy) is 1. The zero-order valence-corrected chi connectivity index (χ0v) is 8.99. The summed E-state index contributed by atoms with van der Waals surface area (Å²) >= 11 is 5.98. The molecule has 0 saturated carbocycles. The molecule has 1 aromatic carbocycles. The Bertz CT molecular complexity index is 324. The van der Waals surface area contributed by atoms with Crippen LogP contribution in [0, 0.1) is 0 Å². The minimum Gasteiger partial charge on any atom is -0.406 e. The van der Waals surface area contributed by atoms with Crippen molar-refractivity contribution in [2.45, 2.75) is 25.1 Å². The number of hydrogen-bond acceptors (Lipinski definition) is 1. The quantitative estimate of drug-likeness (QED) is 0.706. The zero-order chi connectivity index (χ0) is 11.7. The predicted molar refractivity (Wildman–Crippen MR) is 52.0 cm³/mol. The first kappa shape index (κ1) is 12.2. The molecule has 0 aliphatic heterocycles. The van der Waals surface area contributed by atoms with E-state index in [1.807, 2.05) is 0 Å². The first-order chi connectivity index (χ1) is 6.68. The molecule has 1 aromatic rings. The molecule has 1 nitrogen and oxygen atoms in total. The Hall–Kier alpha value is -0.900. The van der Waals surface area contributed by atoms with Gasteiger partial charge in [-0.2, -0.15) is 0 Å². The van der Waals surface area contributed by atoms with Crippen LogP contribution in [0.25, 0.3) is 0 Å². The lowest BCUT2D eigenvalue weighted by molar-refractivity contribution is -0.274. The second-order valence-electron chi connectivity index (χ2n) is 3.54. The Kier molecular flexibility index (Phi) is 3.19. The molecule has 0 radical (unpaired) electrons. The van der Waals surface area contributed by atoms with E-state index in [1.165, 1.54) is 24.3 Å². The first-order valence-electron chi connectivity index (χ1n) is 4.24. The second kappa shape index (κ2) is 3.93. The third-order valence-corrected chi connectivity index (χ3v) is 1.99. The van der Waals surface area contributed by atoms with Crippen LogP contribution in [0.4, 0.5) is 13.2 Å². The average Bonchev–Trinajstić information content (AvgIpc) is 2.00. The van der Waals surface area contributed by atoms with Gasteiger partial charge in [-0.1, -0.05) is 12.1 Å². The van der Waals surface area contributed by atoms with Crippen molar-refractivity contribution in [1.29, 1.82) is 0 Å². The van der Waals surface area contributed by atoms with Crippen LogP contribution in [0.5, 0.6) is 5.75 Å². The summed E-state index contributed by atoms with van der Waals surface area (Å²) in [6.45, 7) is 3.52. The van der Waals surface area contributed by atoms with Crippen LogP contribution >= 0.6 is 11.6 Å². The van der Waals surface area contributed by atoms with E-state index in [0.29, 0.717) is 0 Å². The van der Waals surface area contributed by atoms with E-state index < -0.39 is 11.2 Å². The minimum absolute atomic E-state index is 0.243. The smallest absolute Gasteiger partial charge is 0.406 e. The number of alkyl halides is 4. The first-order valence-corrected chi connectivity index (χ1v) is 4.61. The molecular formula is C10H10ClF3O. The Morgan fingerprint density at radius 1 is 1.07 bits per heavy atom. The van der Waals surface area contributed by atoms with Crippen LogP contribution in [-0.2, 0) is 4.87 Å². The van der Waals surface area contributed by atoms with E-state index in [1.54, 1.807) is 13.8 Å². The van der Waals surface area contributed by atoms with Crippen molar-refractivity contribution in [2.24, 2.45) is 0 Å². The van der Waals surface area contributed by atoms with Crippen molar-refractivity contribution in [2.75, 3.05) is 0 Å². The largest absolute Gasteiger partial charge is 0.573 e. The van der Waals surface area contributed by atoms with Gasteiger partial charge in [-0.15, -0.1) is 24.8 Å². The fraction of sp³-hybridized carbons (Fsp3) is 0.400. The van der Waals surface area contributed by atoms with Crippen molar-refractivity contribution < 1.29 is 17.9 Å². The predicted octanol–water partition coefficient (Wildman–Crippen LogP) is 4.06. The second-order valence-corrected chi connectivity index (χ2v) is 4.49. The Labute approximate surface area is 90.8 Å². The summed E-state index contributed by atoms with van der Waals surface area (Å²) in [7, 11) is 0. The van der Waals surface area contributed by atoms with E-state index in [2.05, 4.69) is 4.74 Å². The van der Waals surface area contributed by atoms with Gasteiger partial charge in [0.05, 0.1) is 4.87 Å². The van der Waals surface area contributed by atoms with Gasteiger partial charge in [0, 0.05) is 0 Å². The molecule has 84 valence electrons. The van der Waals surface area contributed by atoms with Gasteiger partial charge >= 0.3 is 6.36 Å². The molecule has 0 aliphatic carbocycles. The zero-order valence-electron chi connectivity index (χ0n) is 8.23. The summed E-state index contributed by atoms with van der Waals surface area (Å²) in [6, 6.07) is 5.50. The summed E-state index contributed by atoms with van der Waals surface area (Å²) < 4.78 is 39.2. The van der Waals surface area contributed by atoms with E-state index in [-0.39, 0.29) is 5.75 Å². The Morgan fingerprint density at radius 3 is 1.87 bits per heavy atom. The van der Waals surface area contributed by atoms with Crippen LogP contribution < -0.4 is 4.74 Å². The van der Waals surface area contributed by atoms with Gasteiger partial charge in [0.25, 0.3) is 0 Å². The lowest BCUT2D eigenvalue weighted by Crippen LogP contribution is -2.17. The summed E-state index contributed by atoms with van der Waals surface area (Å²) in [4.78, 5) is -0.600. The van der Waals surface area contributed by atoms with Gasteiger partial charge in [0.15, 0.2) is 0 Å². The van der Waals surface area contributed by atoms with Crippen molar-refractivity contribution in [1.82, 2.24) is 0 Å². The average molecular weight is 239 g/mol. The van der Waals surface area contributed by atoms with Gasteiger partial charge in [-0.3, -0.25) is 0 Å². The molecule has 0 spiro atoms. The minimum atomic E-state index is -4.65. The Morgan fingerprint density at radius 2 is 1.53 bits per heavy atom. The highest BCUT2D eigenvalue weighted by molar-refractivity contribution is 6.23. The highest BCUT2D eigenvalue weighted by Gasteiger charge is 2.31. The normalized spacial score (nSPS) is 12.7. The monoisotopic (exact) mass is 238 g/mol. The summed E-state index contributed by atoms with van der Waals surface area (Å²) in [5.41, 5.74) is 0.735. The van der Waals surface area contributed by atoms with E-state index in [9.17, 15) is 13.2 Å². The maximum Gasteiger partial charge on any atom is 0.573 e. The lowest BCUT2D eigenvalue weighted by atomic mass is 10.0. The van der Waals surface area contributed by atoms with Crippen LogP contribution in [0.3, 0.4) is 0 Å². The SMILES string of the molecule is CC(C)(Cl)c1ccc(OC(F)(F)F)cc1. The molecule has 0 N–H and O–H groups in total. The standard InChI is InChI=1S/C10H10ClF3O/c1-9(2,11)7-3-5-8(6-4-7)15-10(12,13)14/h3-6H,1-2H3. The summed E-state index contributed by atoms with van der Waals surface area (Å²) in [5, 5.41) is 0. The van der Waals surface area contributed by atoms with Crippen molar-refractivity contribution in [3.63, 3.8) is 0 Å². The molecule has 0 amide bonds. The molecule has 0 atom stereocenters. The number of rotatable bonds is 2. The lowest BCUT2D eigenvalue weighted by Gasteiger charge is -2.16. The number of halogens is 4. The van der Waals surface area contributed by atoms with Crippen molar-refractivity contribution >= 4 is 11.6 Å². The van der Waals surface area contributed by atoms with Crippen LogP contribution in [0.1, 0.15) is 19.4 Å². The Balaban J connectivity index is 2.82. The summed E-state index contributed by atoms with van der Waals surface area (Å²) in [5.74, 6) is -0.243. The molecule has 5 heteroatoms. The molecule has 0 fully saturated rings. The number of benzene rings is 1. The molecule has 0 aromatic heterocycles. The number of hydrogen-bond donors (Lipinski definition) is 0. The van der Waals surface area contributed by atoms with Crippen molar-refractivity contribution in [3.05, 3.63) is 29.8 Å². The topological polar surface area (TPSA) is 9.23 Å². The third kappa shape index (κ3) is 4.00. The fourth-order valence-corrected chi connectivity index (χ4v) is 1.18. The van der Waals surface area contributed by atoms with Crippen LogP contribution in [0.15, 0.2) is 24.3 Å². The van der Waals surface area contributed by atoms with Gasteiger partial charge in [-0.25, -0.2) is 0 Å². The molecule has 0 heterocycles. The van der Waals surface area contributed by atoms with Gasteiger partial charge < -0.3 is 4.74 Å². The maximum absolute atomic E-state index is 11.8. The van der Waals surface area contributed by atoms with Gasteiger partial charge in [-0.05, 0) is 31.5 Å². The molecule has 0 saturated heterocycles. The highest BCUT2D eigenvalue weighted by Crippen LogP contribution is 2.30. The maximum atomic E-state index is 11.8. The fourth-order valence-electron chi connectivity index (χ4n) is 1.05. The molecule has 0 aliphatic rings. The van der Waals surface area contributed by atoms with E-state index >= 15 is 0 Å². The highest BCUT2D eigenvalue weighted by atomic mass is 35.5. The van der Waals surface area contributed by atoms with Crippen LogP contribution in [-0.4, -0.2) is 6.36 Å². The van der Waals surface area contributed by atoms with Gasteiger partial charge in [0.1, 0.15) is 5.75 Å². The van der Waals surface area contributed by atoms with E-state index in [0.717, 1.165) is 5.56 Å². The molecule has 1 rings (SSSR count). The molecule has 0 unspecified atom stereocenters. The molecular weight excluding hydrogens is 229 g/mol. The van der Waals surface area contributed by atoms with Gasteiger partial charge in [0.2, 0.25) is 0 Å².